The Hall–Kier alpha value is -1.72. The highest BCUT2D eigenvalue weighted by Crippen LogP contribution is 2.34. The molecule has 0 aliphatic carbocycles. The third kappa shape index (κ3) is 3.62. The van der Waals surface area contributed by atoms with Gasteiger partial charge in [-0.05, 0) is 18.4 Å². The van der Waals surface area contributed by atoms with Gasteiger partial charge in [-0.25, -0.2) is 4.98 Å². The van der Waals surface area contributed by atoms with Crippen molar-refractivity contribution in [3.05, 3.63) is 54.9 Å². The molecule has 23 heavy (non-hydrogen) atoms. The SMILES string of the molecule is CSCCSc1nc(-c2ccccc2)c(-c2cccnc2)n1C. The molecule has 0 spiro atoms. The molecule has 0 radical (unpaired) electrons. The van der Waals surface area contributed by atoms with Crippen molar-refractivity contribution in [1.29, 1.82) is 0 Å². The fourth-order valence-corrected chi connectivity index (χ4v) is 4.08. The summed E-state index contributed by atoms with van der Waals surface area (Å²) in [4.78, 5) is 9.19. The second-order valence-corrected chi connectivity index (χ2v) is 7.15. The van der Waals surface area contributed by atoms with Crippen molar-refractivity contribution >= 4 is 23.5 Å². The Kier molecular flexibility index (Phi) is 5.41. The maximum Gasteiger partial charge on any atom is 0.168 e. The number of thioether (sulfide) groups is 2. The molecule has 3 nitrogen and oxygen atoms in total. The smallest absolute Gasteiger partial charge is 0.168 e. The van der Waals surface area contributed by atoms with E-state index < -0.39 is 0 Å². The molecule has 0 N–H and O–H groups in total. The molecule has 0 bridgehead atoms. The van der Waals surface area contributed by atoms with E-state index in [1.165, 1.54) is 0 Å². The maximum absolute atomic E-state index is 4.92. The number of pyridine rings is 1. The minimum Gasteiger partial charge on any atom is -0.322 e. The average molecular weight is 342 g/mol. The van der Waals surface area contributed by atoms with Crippen molar-refractivity contribution in [1.82, 2.24) is 14.5 Å². The van der Waals surface area contributed by atoms with E-state index in [1.54, 1.807) is 18.0 Å². The Bertz CT molecular complexity index is 755. The summed E-state index contributed by atoms with van der Waals surface area (Å²) in [5.74, 6) is 2.19. The second kappa shape index (κ2) is 7.70. The molecule has 3 aromatic rings. The number of nitrogens with zero attached hydrogens (tertiary/aromatic N) is 3. The molecule has 0 atom stereocenters. The topological polar surface area (TPSA) is 30.7 Å². The van der Waals surface area contributed by atoms with Crippen LogP contribution >= 0.6 is 23.5 Å². The van der Waals surface area contributed by atoms with Crippen molar-refractivity contribution in [2.45, 2.75) is 5.16 Å². The Morgan fingerprint density at radius 3 is 2.48 bits per heavy atom. The van der Waals surface area contributed by atoms with Crippen molar-refractivity contribution in [3.63, 3.8) is 0 Å². The van der Waals surface area contributed by atoms with Crippen LogP contribution in [0.25, 0.3) is 22.5 Å². The highest BCUT2D eigenvalue weighted by Gasteiger charge is 2.18. The molecule has 0 aliphatic heterocycles. The highest BCUT2D eigenvalue weighted by molar-refractivity contribution is 8.02. The first-order valence-electron chi connectivity index (χ1n) is 7.45. The molecular weight excluding hydrogens is 322 g/mol. The summed E-state index contributed by atoms with van der Waals surface area (Å²) >= 11 is 3.67. The first-order chi connectivity index (χ1) is 11.3. The monoisotopic (exact) mass is 341 g/mol. The first kappa shape index (κ1) is 16.1. The lowest BCUT2D eigenvalue weighted by molar-refractivity contribution is 0.797. The quantitative estimate of drug-likeness (QED) is 0.484. The number of hydrogen-bond donors (Lipinski definition) is 0. The molecular formula is C18H19N3S2. The highest BCUT2D eigenvalue weighted by atomic mass is 32.2. The summed E-state index contributed by atoms with van der Waals surface area (Å²) in [5, 5.41) is 1.05. The molecule has 1 aromatic carbocycles. The van der Waals surface area contributed by atoms with Gasteiger partial charge in [0.05, 0.1) is 11.4 Å². The molecule has 0 saturated carbocycles. The predicted octanol–water partition coefficient (Wildman–Crippen LogP) is 4.60. The van der Waals surface area contributed by atoms with Crippen molar-refractivity contribution < 1.29 is 0 Å². The number of imidazole rings is 1. The molecule has 0 amide bonds. The van der Waals surface area contributed by atoms with Gasteiger partial charge in [-0.3, -0.25) is 4.98 Å². The van der Waals surface area contributed by atoms with Crippen LogP contribution in [-0.2, 0) is 7.05 Å². The van der Waals surface area contributed by atoms with Crippen molar-refractivity contribution in [2.75, 3.05) is 17.8 Å². The van der Waals surface area contributed by atoms with Crippen LogP contribution in [0.2, 0.25) is 0 Å². The summed E-state index contributed by atoms with van der Waals surface area (Å²) in [5.41, 5.74) is 4.38. The standard InChI is InChI=1S/C18H19N3S2/c1-21-17(15-9-6-10-19-13-15)16(14-7-4-3-5-8-14)20-18(21)23-12-11-22-2/h3-10,13H,11-12H2,1-2H3. The van der Waals surface area contributed by atoms with Gasteiger partial charge in [-0.2, -0.15) is 11.8 Å². The second-order valence-electron chi connectivity index (χ2n) is 5.10. The van der Waals surface area contributed by atoms with E-state index in [0.717, 1.165) is 39.2 Å². The third-order valence-electron chi connectivity index (χ3n) is 3.55. The van der Waals surface area contributed by atoms with E-state index in [2.05, 4.69) is 53.2 Å². The molecule has 2 aromatic heterocycles. The van der Waals surface area contributed by atoms with Gasteiger partial charge in [0.25, 0.3) is 0 Å². The summed E-state index contributed by atoms with van der Waals surface area (Å²) in [6.45, 7) is 0. The first-order valence-corrected chi connectivity index (χ1v) is 9.83. The van der Waals surface area contributed by atoms with Crippen LogP contribution in [-0.4, -0.2) is 32.3 Å². The van der Waals surface area contributed by atoms with Crippen molar-refractivity contribution in [3.8, 4) is 22.5 Å². The lowest BCUT2D eigenvalue weighted by Gasteiger charge is -2.07. The van der Waals surface area contributed by atoms with Gasteiger partial charge in [0, 0.05) is 42.1 Å². The van der Waals surface area contributed by atoms with E-state index in [9.17, 15) is 0 Å². The number of rotatable bonds is 6. The zero-order valence-corrected chi connectivity index (χ0v) is 14.9. The average Bonchev–Trinajstić information content (AvgIpc) is 2.93. The van der Waals surface area contributed by atoms with E-state index in [0.29, 0.717) is 0 Å². The maximum atomic E-state index is 4.92. The molecule has 0 aliphatic rings. The lowest BCUT2D eigenvalue weighted by atomic mass is 10.1. The van der Waals surface area contributed by atoms with Crippen LogP contribution in [0.4, 0.5) is 0 Å². The van der Waals surface area contributed by atoms with Gasteiger partial charge in [-0.1, -0.05) is 42.1 Å². The summed E-state index contributed by atoms with van der Waals surface area (Å²) in [6.07, 6.45) is 5.84. The molecule has 0 saturated heterocycles. The Morgan fingerprint density at radius 2 is 1.78 bits per heavy atom. The Morgan fingerprint density at radius 1 is 1.00 bits per heavy atom. The van der Waals surface area contributed by atoms with E-state index in [-0.39, 0.29) is 0 Å². The van der Waals surface area contributed by atoms with Crippen LogP contribution in [0, 0.1) is 0 Å². The Balaban J connectivity index is 2.08. The molecule has 118 valence electrons. The lowest BCUT2D eigenvalue weighted by Crippen LogP contribution is -1.96. The van der Waals surface area contributed by atoms with Crippen LogP contribution in [0.5, 0.6) is 0 Å². The normalized spacial score (nSPS) is 10.9. The predicted molar refractivity (Wildman–Crippen MR) is 101 cm³/mol. The zero-order valence-electron chi connectivity index (χ0n) is 13.3. The van der Waals surface area contributed by atoms with E-state index in [1.807, 2.05) is 30.1 Å². The van der Waals surface area contributed by atoms with Gasteiger partial charge < -0.3 is 4.57 Å². The van der Waals surface area contributed by atoms with E-state index in [4.69, 9.17) is 4.98 Å². The molecule has 3 rings (SSSR count). The molecule has 0 unspecified atom stereocenters. The Labute approximate surface area is 145 Å². The molecule has 2 heterocycles. The fraction of sp³-hybridized carbons (Fsp3) is 0.222. The zero-order chi connectivity index (χ0) is 16.1. The minimum atomic E-state index is 1.02. The van der Waals surface area contributed by atoms with Gasteiger partial charge in [0.15, 0.2) is 5.16 Å². The molecule has 5 heteroatoms. The number of benzene rings is 1. The van der Waals surface area contributed by atoms with Crippen LogP contribution in [0.15, 0.2) is 60.0 Å². The largest absolute Gasteiger partial charge is 0.322 e. The number of hydrogen-bond acceptors (Lipinski definition) is 4. The minimum absolute atomic E-state index is 1.02. The van der Waals surface area contributed by atoms with Gasteiger partial charge in [0.2, 0.25) is 0 Å². The number of aromatic nitrogens is 3. The molecule has 0 fully saturated rings. The van der Waals surface area contributed by atoms with Crippen LogP contribution in [0.1, 0.15) is 0 Å². The van der Waals surface area contributed by atoms with E-state index >= 15 is 0 Å². The summed E-state index contributed by atoms with van der Waals surface area (Å²) in [7, 11) is 2.09. The van der Waals surface area contributed by atoms with Gasteiger partial charge in [-0.15, -0.1) is 0 Å². The third-order valence-corrected chi connectivity index (χ3v) is 5.46. The van der Waals surface area contributed by atoms with Gasteiger partial charge in [0.1, 0.15) is 0 Å². The summed E-state index contributed by atoms with van der Waals surface area (Å²) in [6, 6.07) is 14.4. The van der Waals surface area contributed by atoms with Crippen molar-refractivity contribution in [2.24, 2.45) is 7.05 Å². The van der Waals surface area contributed by atoms with Crippen LogP contribution in [0.3, 0.4) is 0 Å². The summed E-state index contributed by atoms with van der Waals surface area (Å²) < 4.78 is 2.18. The van der Waals surface area contributed by atoms with Gasteiger partial charge >= 0.3 is 0 Å². The van der Waals surface area contributed by atoms with Crippen LogP contribution < -0.4 is 0 Å². The fourth-order valence-electron chi connectivity index (χ4n) is 2.45.